The molecule has 0 radical (unpaired) electrons. The molecule has 0 saturated heterocycles. The fraction of sp³-hybridized carbons (Fsp3) is 0.118. The van der Waals surface area contributed by atoms with E-state index >= 15 is 0 Å². The van der Waals surface area contributed by atoms with Crippen LogP contribution in [0.5, 0.6) is 5.75 Å². The molecule has 0 aliphatic rings. The lowest BCUT2D eigenvalue weighted by Crippen LogP contribution is -2.05. The number of hydrogen-bond donors (Lipinski definition) is 0. The molecule has 3 nitrogen and oxygen atoms in total. The second-order valence-electron chi connectivity index (χ2n) is 4.33. The van der Waals surface area contributed by atoms with Gasteiger partial charge < -0.3 is 9.47 Å². The van der Waals surface area contributed by atoms with Gasteiger partial charge in [-0.3, -0.25) is 0 Å². The molecule has 0 heterocycles. The first-order chi connectivity index (χ1) is 10.6. The van der Waals surface area contributed by atoms with Gasteiger partial charge in [-0.2, -0.15) is 0 Å². The lowest BCUT2D eigenvalue weighted by molar-refractivity contribution is 0.0556. The number of carbonyl (C=O) groups is 1. The van der Waals surface area contributed by atoms with Gasteiger partial charge in [0.25, 0.3) is 0 Å². The van der Waals surface area contributed by atoms with Crippen molar-refractivity contribution in [3.05, 3.63) is 63.6 Å². The average molecular weight is 335 g/mol. The van der Waals surface area contributed by atoms with Crippen LogP contribution in [0.2, 0.25) is 10.0 Å². The molecule has 2 aromatic carbocycles. The monoisotopic (exact) mass is 334 g/mol. The first-order valence-corrected chi connectivity index (χ1v) is 7.13. The Bertz CT molecular complexity index is 720. The minimum absolute atomic E-state index is 0.0652. The SMILES string of the molecule is C#CCOC(=O)c1cccc(OCc2ccc(Cl)cc2Cl)c1. The quantitative estimate of drug-likeness (QED) is 0.601. The molecule has 0 aliphatic heterocycles. The van der Waals surface area contributed by atoms with Crippen molar-refractivity contribution in [2.75, 3.05) is 6.61 Å². The summed E-state index contributed by atoms with van der Waals surface area (Å²) in [6.07, 6.45) is 5.05. The Morgan fingerprint density at radius 1 is 1.18 bits per heavy atom. The van der Waals surface area contributed by atoms with E-state index in [0.717, 1.165) is 5.56 Å². The van der Waals surface area contributed by atoms with Gasteiger partial charge in [-0.1, -0.05) is 41.3 Å². The second-order valence-corrected chi connectivity index (χ2v) is 5.18. The Labute approximate surface area is 138 Å². The molecule has 112 valence electrons. The van der Waals surface area contributed by atoms with Crippen molar-refractivity contribution in [2.24, 2.45) is 0 Å². The largest absolute Gasteiger partial charge is 0.489 e. The van der Waals surface area contributed by atoms with E-state index in [1.165, 1.54) is 0 Å². The number of carbonyl (C=O) groups excluding carboxylic acids is 1. The predicted octanol–water partition coefficient (Wildman–Crippen LogP) is 4.36. The summed E-state index contributed by atoms with van der Waals surface area (Å²) in [4.78, 5) is 11.7. The third-order valence-corrected chi connectivity index (χ3v) is 3.35. The molecular weight excluding hydrogens is 323 g/mol. The maximum atomic E-state index is 11.7. The fourth-order valence-electron chi connectivity index (χ4n) is 1.70. The van der Waals surface area contributed by atoms with Crippen molar-refractivity contribution < 1.29 is 14.3 Å². The zero-order valence-corrected chi connectivity index (χ0v) is 13.0. The number of terminal acetylenes is 1. The minimum atomic E-state index is -0.493. The maximum Gasteiger partial charge on any atom is 0.339 e. The Kier molecular flexibility index (Phi) is 5.71. The highest BCUT2D eigenvalue weighted by Gasteiger charge is 2.08. The van der Waals surface area contributed by atoms with Gasteiger partial charge in [-0.05, 0) is 30.3 Å². The molecule has 2 rings (SSSR count). The lowest BCUT2D eigenvalue weighted by atomic mass is 10.2. The van der Waals surface area contributed by atoms with Crippen LogP contribution in [-0.2, 0) is 11.3 Å². The first-order valence-electron chi connectivity index (χ1n) is 6.37. The van der Waals surface area contributed by atoms with Gasteiger partial charge in [-0.15, -0.1) is 6.42 Å². The molecule has 0 aromatic heterocycles. The van der Waals surface area contributed by atoms with Crippen molar-refractivity contribution in [1.82, 2.24) is 0 Å². The molecule has 0 N–H and O–H groups in total. The topological polar surface area (TPSA) is 35.5 Å². The second kappa shape index (κ2) is 7.74. The average Bonchev–Trinajstić information content (AvgIpc) is 2.52. The van der Waals surface area contributed by atoms with Crippen LogP contribution >= 0.6 is 23.2 Å². The fourth-order valence-corrected chi connectivity index (χ4v) is 2.17. The van der Waals surface area contributed by atoms with E-state index in [1.807, 2.05) is 0 Å². The molecule has 2 aromatic rings. The van der Waals surface area contributed by atoms with Crippen molar-refractivity contribution in [2.45, 2.75) is 6.61 Å². The maximum absolute atomic E-state index is 11.7. The van der Waals surface area contributed by atoms with E-state index in [0.29, 0.717) is 21.4 Å². The van der Waals surface area contributed by atoms with Crippen LogP contribution in [0.4, 0.5) is 0 Å². The number of benzene rings is 2. The predicted molar refractivity (Wildman–Crippen MR) is 86.4 cm³/mol. The van der Waals surface area contributed by atoms with E-state index in [9.17, 15) is 4.79 Å². The Balaban J connectivity index is 2.04. The van der Waals surface area contributed by atoms with Gasteiger partial charge in [0.15, 0.2) is 6.61 Å². The van der Waals surface area contributed by atoms with E-state index in [1.54, 1.807) is 42.5 Å². The molecule has 0 spiro atoms. The van der Waals surface area contributed by atoms with Crippen LogP contribution in [0.1, 0.15) is 15.9 Å². The molecule has 0 unspecified atom stereocenters. The third-order valence-electron chi connectivity index (χ3n) is 2.77. The van der Waals surface area contributed by atoms with Gasteiger partial charge in [-0.25, -0.2) is 4.79 Å². The minimum Gasteiger partial charge on any atom is -0.489 e. The number of rotatable bonds is 5. The van der Waals surface area contributed by atoms with Crippen molar-refractivity contribution in [3.63, 3.8) is 0 Å². The van der Waals surface area contributed by atoms with Gasteiger partial charge >= 0.3 is 5.97 Å². The molecule has 0 bridgehead atoms. The molecule has 0 saturated carbocycles. The summed E-state index contributed by atoms with van der Waals surface area (Å²) in [7, 11) is 0. The molecular formula is C17H12Cl2O3. The van der Waals surface area contributed by atoms with E-state index < -0.39 is 5.97 Å². The highest BCUT2D eigenvalue weighted by atomic mass is 35.5. The Morgan fingerprint density at radius 3 is 2.73 bits per heavy atom. The van der Waals surface area contributed by atoms with Crippen LogP contribution in [0, 0.1) is 12.3 Å². The summed E-state index contributed by atoms with van der Waals surface area (Å²) < 4.78 is 10.5. The number of halogens is 2. The van der Waals surface area contributed by atoms with Gasteiger partial charge in [0.2, 0.25) is 0 Å². The van der Waals surface area contributed by atoms with Crippen LogP contribution < -0.4 is 4.74 Å². The Morgan fingerprint density at radius 2 is 2.00 bits per heavy atom. The van der Waals surface area contributed by atoms with E-state index in [4.69, 9.17) is 39.1 Å². The summed E-state index contributed by atoms with van der Waals surface area (Å²) >= 11 is 11.9. The molecule has 0 atom stereocenters. The zero-order chi connectivity index (χ0) is 15.9. The smallest absolute Gasteiger partial charge is 0.339 e. The van der Waals surface area contributed by atoms with Crippen molar-refractivity contribution in [1.29, 1.82) is 0 Å². The Hall–Kier alpha value is -2.15. The summed E-state index contributed by atoms with van der Waals surface area (Å²) in [5.41, 5.74) is 1.17. The van der Waals surface area contributed by atoms with Crippen molar-refractivity contribution in [3.8, 4) is 18.1 Å². The lowest BCUT2D eigenvalue weighted by Gasteiger charge is -2.09. The van der Waals surface area contributed by atoms with Crippen LogP contribution in [0.25, 0.3) is 0 Å². The number of ether oxygens (including phenoxy) is 2. The molecule has 0 fully saturated rings. The number of esters is 1. The zero-order valence-electron chi connectivity index (χ0n) is 11.5. The summed E-state index contributed by atoms with van der Waals surface area (Å²) in [6, 6.07) is 11.8. The van der Waals surface area contributed by atoms with Gasteiger partial charge in [0.05, 0.1) is 5.56 Å². The standard InChI is InChI=1S/C17H12Cl2O3/c1-2-8-21-17(20)12-4-3-5-15(9-12)22-11-13-6-7-14(18)10-16(13)19/h1,3-7,9-10H,8,11H2. The van der Waals surface area contributed by atoms with Crippen LogP contribution in [0.15, 0.2) is 42.5 Å². The first kappa shape index (κ1) is 16.2. The molecule has 0 aliphatic carbocycles. The van der Waals surface area contributed by atoms with E-state index in [2.05, 4.69) is 5.92 Å². The normalized spacial score (nSPS) is 9.86. The highest BCUT2D eigenvalue weighted by molar-refractivity contribution is 6.35. The van der Waals surface area contributed by atoms with Crippen LogP contribution in [0.3, 0.4) is 0 Å². The molecule has 5 heteroatoms. The van der Waals surface area contributed by atoms with Crippen molar-refractivity contribution >= 4 is 29.2 Å². The summed E-state index contributed by atoms with van der Waals surface area (Å²) in [5, 5.41) is 1.09. The van der Waals surface area contributed by atoms with Gasteiger partial charge in [0.1, 0.15) is 12.4 Å². The molecule has 0 amide bonds. The van der Waals surface area contributed by atoms with Gasteiger partial charge in [0, 0.05) is 15.6 Å². The summed E-state index contributed by atoms with van der Waals surface area (Å²) in [6.45, 7) is 0.198. The highest BCUT2D eigenvalue weighted by Crippen LogP contribution is 2.23. The summed E-state index contributed by atoms with van der Waals surface area (Å²) in [5.74, 6) is 2.28. The third kappa shape index (κ3) is 4.42. The van der Waals surface area contributed by atoms with E-state index in [-0.39, 0.29) is 13.2 Å². The number of hydrogen-bond acceptors (Lipinski definition) is 3. The van der Waals surface area contributed by atoms with Crippen LogP contribution in [-0.4, -0.2) is 12.6 Å². The molecule has 22 heavy (non-hydrogen) atoms.